The zero-order valence-corrected chi connectivity index (χ0v) is 20.2. The first kappa shape index (κ1) is 24.7. The zero-order chi connectivity index (χ0) is 23.8. The van der Waals surface area contributed by atoms with E-state index >= 15 is 0 Å². The molecule has 0 bridgehead atoms. The Hall–Kier alpha value is -2.90. The Morgan fingerprint density at radius 2 is 1.76 bits per heavy atom. The molecule has 0 fully saturated rings. The van der Waals surface area contributed by atoms with E-state index in [1.165, 1.54) is 12.1 Å². The number of nitrogens with zero attached hydrogens (tertiary/aromatic N) is 2. The highest BCUT2D eigenvalue weighted by molar-refractivity contribution is 7.09. The van der Waals surface area contributed by atoms with Gasteiger partial charge in [0.05, 0.1) is 6.54 Å². The molecule has 0 saturated heterocycles. The monoisotopic (exact) mass is 487 g/mol. The van der Waals surface area contributed by atoms with E-state index in [2.05, 4.69) is 5.32 Å². The Morgan fingerprint density at radius 1 is 1.06 bits per heavy atom. The summed E-state index contributed by atoms with van der Waals surface area (Å²) in [5, 5.41) is 5.38. The Kier molecular flexibility index (Phi) is 8.86. The van der Waals surface area contributed by atoms with Crippen molar-refractivity contribution in [3.63, 3.8) is 0 Å². The van der Waals surface area contributed by atoms with Crippen molar-refractivity contribution in [2.24, 2.45) is 0 Å². The normalized spacial score (nSPS) is 11.6. The molecule has 0 aliphatic heterocycles. The van der Waals surface area contributed by atoms with Gasteiger partial charge in [0.1, 0.15) is 12.4 Å². The highest BCUT2D eigenvalue weighted by Crippen LogP contribution is 2.18. The molecule has 5 nitrogen and oxygen atoms in total. The predicted octanol–water partition coefficient (Wildman–Crippen LogP) is 6.40. The second-order valence-electron chi connectivity index (χ2n) is 7.78. The van der Waals surface area contributed by atoms with Crippen molar-refractivity contribution in [3.8, 4) is 0 Å². The first-order valence-electron chi connectivity index (χ1n) is 10.7. The van der Waals surface area contributed by atoms with Crippen LogP contribution in [0.2, 0.25) is 5.02 Å². The van der Waals surface area contributed by atoms with Crippen LogP contribution in [0.3, 0.4) is 0 Å². The van der Waals surface area contributed by atoms with Gasteiger partial charge in [0.25, 0.3) is 0 Å². The summed E-state index contributed by atoms with van der Waals surface area (Å²) in [5.74, 6) is -0.504. The first-order chi connectivity index (χ1) is 15.9. The van der Waals surface area contributed by atoms with Crippen LogP contribution in [0.1, 0.15) is 30.7 Å². The number of benzene rings is 2. The van der Waals surface area contributed by atoms with Gasteiger partial charge in [0, 0.05) is 28.2 Å². The molecule has 3 amide bonds. The van der Waals surface area contributed by atoms with E-state index in [-0.39, 0.29) is 30.3 Å². The van der Waals surface area contributed by atoms with E-state index in [4.69, 9.17) is 11.6 Å². The third-order valence-electron chi connectivity index (χ3n) is 5.35. The van der Waals surface area contributed by atoms with E-state index in [1.807, 2.05) is 31.4 Å². The minimum atomic E-state index is -0.349. The molecule has 0 saturated carbocycles. The van der Waals surface area contributed by atoms with Gasteiger partial charge < -0.3 is 15.1 Å². The number of thiophene rings is 1. The van der Waals surface area contributed by atoms with Crippen LogP contribution >= 0.6 is 22.9 Å². The lowest BCUT2D eigenvalue weighted by Gasteiger charge is -2.31. The molecule has 0 radical (unpaired) electrons. The smallest absolute Gasteiger partial charge is 0.322 e. The van der Waals surface area contributed by atoms with E-state index in [0.29, 0.717) is 30.2 Å². The number of hydrogen-bond acceptors (Lipinski definition) is 3. The topological polar surface area (TPSA) is 52.7 Å². The molecule has 2 aromatic carbocycles. The molecule has 8 heteroatoms. The SMILES string of the molecule is CCC(C)N(CC(=O)N(Cc1ccc(F)cc1)Cc1cccs1)C(=O)Nc1ccc(Cl)cc1. The van der Waals surface area contributed by atoms with Gasteiger partial charge >= 0.3 is 6.03 Å². The highest BCUT2D eigenvalue weighted by atomic mass is 35.5. The largest absolute Gasteiger partial charge is 0.332 e. The summed E-state index contributed by atoms with van der Waals surface area (Å²) in [6.07, 6.45) is 0.699. The van der Waals surface area contributed by atoms with Crippen LogP contribution in [0.5, 0.6) is 0 Å². The van der Waals surface area contributed by atoms with Crippen molar-refractivity contribution < 1.29 is 14.0 Å². The average molecular weight is 488 g/mol. The number of nitrogens with one attached hydrogen (secondary N) is 1. The molecule has 3 aromatic rings. The average Bonchev–Trinajstić information content (AvgIpc) is 3.32. The van der Waals surface area contributed by atoms with Gasteiger partial charge in [-0.1, -0.05) is 36.7 Å². The van der Waals surface area contributed by atoms with Gasteiger partial charge in [0.2, 0.25) is 5.91 Å². The van der Waals surface area contributed by atoms with Gasteiger partial charge in [-0.15, -0.1) is 11.3 Å². The molecular weight excluding hydrogens is 461 g/mol. The molecule has 3 rings (SSSR count). The Morgan fingerprint density at radius 3 is 2.36 bits per heavy atom. The van der Waals surface area contributed by atoms with Crippen LogP contribution < -0.4 is 5.32 Å². The van der Waals surface area contributed by atoms with Crippen molar-refractivity contribution in [2.75, 3.05) is 11.9 Å². The molecule has 0 aliphatic rings. The number of hydrogen-bond donors (Lipinski definition) is 1. The summed E-state index contributed by atoms with van der Waals surface area (Å²) < 4.78 is 13.3. The fraction of sp³-hybridized carbons (Fsp3) is 0.280. The molecule has 1 N–H and O–H groups in total. The maximum atomic E-state index is 13.4. The first-order valence-corrected chi connectivity index (χ1v) is 12.0. The molecule has 0 spiro atoms. The quantitative estimate of drug-likeness (QED) is 0.379. The number of carbonyl (C=O) groups is 2. The number of rotatable bonds is 9. The maximum Gasteiger partial charge on any atom is 0.322 e. The molecule has 1 atom stereocenters. The van der Waals surface area contributed by atoms with E-state index < -0.39 is 0 Å². The van der Waals surface area contributed by atoms with Crippen molar-refractivity contribution >= 4 is 40.6 Å². The Balaban J connectivity index is 1.76. The fourth-order valence-corrected chi connectivity index (χ4v) is 4.10. The maximum absolute atomic E-state index is 13.4. The lowest BCUT2D eigenvalue weighted by Crippen LogP contribution is -2.47. The summed E-state index contributed by atoms with van der Waals surface area (Å²) in [6.45, 7) is 4.56. The molecule has 1 aromatic heterocycles. The minimum absolute atomic E-state index is 0.0685. The summed E-state index contributed by atoms with van der Waals surface area (Å²) in [5.41, 5.74) is 1.42. The Bertz CT molecular complexity index is 1040. The van der Waals surface area contributed by atoms with E-state index in [9.17, 15) is 14.0 Å². The van der Waals surface area contributed by atoms with Gasteiger partial charge in [-0.2, -0.15) is 0 Å². The molecule has 1 heterocycles. The van der Waals surface area contributed by atoms with Crippen LogP contribution in [0.4, 0.5) is 14.9 Å². The second kappa shape index (κ2) is 11.8. The second-order valence-corrected chi connectivity index (χ2v) is 9.25. The lowest BCUT2D eigenvalue weighted by atomic mass is 10.2. The highest BCUT2D eigenvalue weighted by Gasteiger charge is 2.25. The number of halogens is 2. The Labute approximate surface area is 202 Å². The minimum Gasteiger partial charge on any atom is -0.332 e. The standard InChI is InChI=1S/C25H27ClFN3O2S/c1-3-18(2)30(25(32)28-22-12-8-20(26)9-13-22)17-24(31)29(16-23-5-4-14-33-23)15-19-6-10-21(27)11-7-19/h4-14,18H,3,15-17H2,1-2H3,(H,28,32). The summed E-state index contributed by atoms with van der Waals surface area (Å²) in [7, 11) is 0. The van der Waals surface area contributed by atoms with Crippen molar-refractivity contribution in [3.05, 3.63) is 87.3 Å². The van der Waals surface area contributed by atoms with Crippen LogP contribution in [-0.4, -0.2) is 34.3 Å². The molecule has 33 heavy (non-hydrogen) atoms. The fourth-order valence-electron chi connectivity index (χ4n) is 3.26. The lowest BCUT2D eigenvalue weighted by molar-refractivity contribution is -0.133. The van der Waals surface area contributed by atoms with Gasteiger partial charge in [0.15, 0.2) is 0 Å². The van der Waals surface area contributed by atoms with Crippen molar-refractivity contribution in [1.82, 2.24) is 9.80 Å². The van der Waals surface area contributed by atoms with Gasteiger partial charge in [-0.05, 0) is 66.8 Å². The van der Waals surface area contributed by atoms with Crippen molar-refractivity contribution in [2.45, 2.75) is 39.4 Å². The zero-order valence-electron chi connectivity index (χ0n) is 18.6. The van der Waals surface area contributed by atoms with Crippen molar-refractivity contribution in [1.29, 1.82) is 0 Å². The molecule has 0 aliphatic carbocycles. The molecular formula is C25H27ClFN3O2S. The van der Waals surface area contributed by atoms with Crippen LogP contribution in [0.15, 0.2) is 66.0 Å². The van der Waals surface area contributed by atoms with Gasteiger partial charge in [-0.3, -0.25) is 4.79 Å². The predicted molar refractivity (Wildman–Crippen MR) is 132 cm³/mol. The number of anilines is 1. The van der Waals surface area contributed by atoms with E-state index in [1.54, 1.807) is 57.5 Å². The molecule has 1 unspecified atom stereocenters. The van der Waals surface area contributed by atoms with Crippen LogP contribution in [0.25, 0.3) is 0 Å². The number of carbonyl (C=O) groups excluding carboxylic acids is 2. The molecule has 174 valence electrons. The van der Waals surface area contributed by atoms with Crippen LogP contribution in [0, 0.1) is 5.82 Å². The third-order valence-corrected chi connectivity index (χ3v) is 6.46. The summed E-state index contributed by atoms with van der Waals surface area (Å²) >= 11 is 7.49. The summed E-state index contributed by atoms with van der Waals surface area (Å²) in [6, 6.07) is 16.3. The number of amides is 3. The third kappa shape index (κ3) is 7.30. The van der Waals surface area contributed by atoms with E-state index in [0.717, 1.165) is 10.4 Å². The van der Waals surface area contributed by atoms with Gasteiger partial charge in [-0.25, -0.2) is 9.18 Å². The summed E-state index contributed by atoms with van der Waals surface area (Å²) in [4.78, 5) is 30.7. The number of urea groups is 1. The van der Waals surface area contributed by atoms with Crippen LogP contribution in [-0.2, 0) is 17.9 Å².